The number of thiocarbonyl (C=S) groups is 1. The summed E-state index contributed by atoms with van der Waals surface area (Å²) in [6, 6.07) is 5.53. The van der Waals surface area contributed by atoms with Crippen molar-refractivity contribution in [3.05, 3.63) is 30.1 Å². The molecule has 1 heterocycles. The topological polar surface area (TPSA) is 63.3 Å². The summed E-state index contributed by atoms with van der Waals surface area (Å²) in [6.45, 7) is 0. The summed E-state index contributed by atoms with van der Waals surface area (Å²) in [6.07, 6.45) is 3.22. The summed E-state index contributed by atoms with van der Waals surface area (Å²) in [5.41, 5.74) is 8.33. The largest absolute Gasteiger partial charge is 0.375 e. The number of aromatic nitrogens is 1. The number of nitrogens with one attached hydrogen (secondary N) is 1. The molecule has 0 atom stereocenters. The molecule has 1 aromatic rings. The van der Waals surface area contributed by atoms with Crippen LogP contribution in [0.4, 0.5) is 0 Å². The zero-order chi connectivity index (χ0) is 8.81. The van der Waals surface area contributed by atoms with Crippen LogP contribution in [-0.2, 0) is 0 Å². The molecule has 5 heteroatoms. The van der Waals surface area contributed by atoms with Gasteiger partial charge in [0, 0.05) is 6.20 Å². The van der Waals surface area contributed by atoms with Crippen molar-refractivity contribution in [3.63, 3.8) is 0 Å². The molecule has 4 nitrogen and oxygen atoms in total. The molecule has 12 heavy (non-hydrogen) atoms. The summed E-state index contributed by atoms with van der Waals surface area (Å²) < 4.78 is 0. The predicted octanol–water partition coefficient (Wildman–Crippen LogP) is 0.249. The number of pyridine rings is 1. The molecular weight excluding hydrogens is 172 g/mol. The van der Waals surface area contributed by atoms with Crippen LogP contribution in [-0.4, -0.2) is 16.3 Å². The van der Waals surface area contributed by atoms with Gasteiger partial charge in [0.05, 0.1) is 11.9 Å². The molecule has 0 spiro atoms. The van der Waals surface area contributed by atoms with E-state index in [-0.39, 0.29) is 5.11 Å². The highest BCUT2D eigenvalue weighted by Gasteiger charge is 1.84. The van der Waals surface area contributed by atoms with Gasteiger partial charge in [0.25, 0.3) is 0 Å². The van der Waals surface area contributed by atoms with Gasteiger partial charge in [-0.25, -0.2) is 0 Å². The van der Waals surface area contributed by atoms with Crippen molar-refractivity contribution < 1.29 is 0 Å². The summed E-state index contributed by atoms with van der Waals surface area (Å²) in [5.74, 6) is 0. The third-order valence-electron chi connectivity index (χ3n) is 1.06. The van der Waals surface area contributed by atoms with Crippen LogP contribution >= 0.6 is 12.2 Å². The number of hydrogen-bond acceptors (Lipinski definition) is 3. The molecule has 1 rings (SSSR count). The molecule has 0 saturated heterocycles. The Morgan fingerprint density at radius 2 is 2.50 bits per heavy atom. The maximum absolute atomic E-state index is 5.14. The molecule has 0 amide bonds. The fraction of sp³-hybridized carbons (Fsp3) is 0. The second-order valence-electron chi connectivity index (χ2n) is 1.99. The highest BCUT2D eigenvalue weighted by atomic mass is 32.1. The molecule has 0 fully saturated rings. The van der Waals surface area contributed by atoms with Crippen LogP contribution in [0.3, 0.4) is 0 Å². The average molecular weight is 180 g/mol. The summed E-state index contributed by atoms with van der Waals surface area (Å²) in [7, 11) is 0. The molecule has 0 aliphatic rings. The number of nitrogens with zero attached hydrogens (tertiary/aromatic N) is 2. The lowest BCUT2D eigenvalue weighted by atomic mass is 10.4. The molecule has 0 aliphatic heterocycles. The SMILES string of the molecule is NC(=S)NN=Cc1ccccn1. The van der Waals surface area contributed by atoms with Gasteiger partial charge in [0.2, 0.25) is 0 Å². The van der Waals surface area contributed by atoms with Gasteiger partial charge in [-0.3, -0.25) is 10.4 Å². The maximum Gasteiger partial charge on any atom is 0.184 e. The van der Waals surface area contributed by atoms with Crippen LogP contribution in [0.2, 0.25) is 0 Å². The van der Waals surface area contributed by atoms with E-state index in [0.717, 1.165) is 5.69 Å². The number of nitrogens with two attached hydrogens (primary N) is 1. The molecule has 0 radical (unpaired) electrons. The van der Waals surface area contributed by atoms with E-state index in [0.29, 0.717) is 0 Å². The Bertz CT molecular complexity index is 283. The Morgan fingerprint density at radius 3 is 3.08 bits per heavy atom. The van der Waals surface area contributed by atoms with Crippen LogP contribution in [0.1, 0.15) is 5.69 Å². The second kappa shape index (κ2) is 4.40. The molecule has 62 valence electrons. The molecule has 3 N–H and O–H groups in total. The highest BCUT2D eigenvalue weighted by Crippen LogP contribution is 1.86. The van der Waals surface area contributed by atoms with Gasteiger partial charge in [0.1, 0.15) is 0 Å². The van der Waals surface area contributed by atoms with Crippen LogP contribution in [0.15, 0.2) is 29.5 Å². The average Bonchev–Trinajstić information content (AvgIpc) is 2.05. The van der Waals surface area contributed by atoms with Crippen molar-refractivity contribution in [2.75, 3.05) is 0 Å². The molecular formula is C7H8N4S. The molecule has 1 aromatic heterocycles. The van der Waals surface area contributed by atoms with Crippen molar-refractivity contribution in [3.8, 4) is 0 Å². The zero-order valence-electron chi connectivity index (χ0n) is 6.27. The summed E-state index contributed by atoms with van der Waals surface area (Å²) >= 11 is 4.54. The van der Waals surface area contributed by atoms with E-state index in [1.54, 1.807) is 12.4 Å². The first-order valence-electron chi connectivity index (χ1n) is 3.28. The third-order valence-corrected chi connectivity index (χ3v) is 1.15. The monoisotopic (exact) mass is 180 g/mol. The Morgan fingerprint density at radius 1 is 1.67 bits per heavy atom. The Hall–Kier alpha value is -1.49. The summed E-state index contributed by atoms with van der Waals surface area (Å²) in [4.78, 5) is 4.00. The Kier molecular flexibility index (Phi) is 3.16. The maximum atomic E-state index is 5.14. The van der Waals surface area contributed by atoms with Crippen LogP contribution in [0.25, 0.3) is 0 Å². The first-order chi connectivity index (χ1) is 5.79. The Labute approximate surface area is 75.5 Å². The van der Waals surface area contributed by atoms with Gasteiger partial charge in [-0.05, 0) is 24.4 Å². The first kappa shape index (κ1) is 8.61. The summed E-state index contributed by atoms with van der Waals surface area (Å²) in [5, 5.41) is 3.88. The van der Waals surface area contributed by atoms with Gasteiger partial charge in [0.15, 0.2) is 5.11 Å². The van der Waals surface area contributed by atoms with Crippen molar-refractivity contribution in [2.45, 2.75) is 0 Å². The lowest BCUT2D eigenvalue weighted by Gasteiger charge is -1.92. The van der Waals surface area contributed by atoms with E-state index >= 15 is 0 Å². The minimum Gasteiger partial charge on any atom is -0.375 e. The quantitative estimate of drug-likeness (QED) is 0.389. The van der Waals surface area contributed by atoms with Crippen molar-refractivity contribution >= 4 is 23.5 Å². The molecule has 0 aromatic carbocycles. The van der Waals surface area contributed by atoms with E-state index in [1.807, 2.05) is 18.2 Å². The minimum atomic E-state index is 0.141. The normalized spacial score (nSPS) is 10.0. The number of hydrazone groups is 1. The van der Waals surface area contributed by atoms with Crippen LogP contribution in [0.5, 0.6) is 0 Å². The van der Waals surface area contributed by atoms with Gasteiger partial charge in [-0.1, -0.05) is 6.07 Å². The third kappa shape index (κ3) is 3.07. The lowest BCUT2D eigenvalue weighted by molar-refractivity contribution is 1.04. The molecule has 0 bridgehead atoms. The molecule has 0 aliphatic carbocycles. The van der Waals surface area contributed by atoms with Crippen molar-refractivity contribution in [1.82, 2.24) is 10.4 Å². The minimum absolute atomic E-state index is 0.141. The standard InChI is InChI=1S/C7H8N4S/c8-7(12)11-10-5-6-3-1-2-4-9-6/h1-5H,(H3,8,11,12). The fourth-order valence-corrected chi connectivity index (χ4v) is 0.667. The van der Waals surface area contributed by atoms with Gasteiger partial charge in [-0.2, -0.15) is 5.10 Å². The highest BCUT2D eigenvalue weighted by molar-refractivity contribution is 7.80. The first-order valence-corrected chi connectivity index (χ1v) is 3.69. The lowest BCUT2D eigenvalue weighted by Crippen LogP contribution is -2.24. The van der Waals surface area contributed by atoms with Crippen molar-refractivity contribution in [2.24, 2.45) is 10.8 Å². The second-order valence-corrected chi connectivity index (χ2v) is 2.43. The van der Waals surface area contributed by atoms with Crippen LogP contribution in [0, 0.1) is 0 Å². The van der Waals surface area contributed by atoms with E-state index in [1.165, 1.54) is 0 Å². The van der Waals surface area contributed by atoms with E-state index in [9.17, 15) is 0 Å². The van der Waals surface area contributed by atoms with Gasteiger partial charge >= 0.3 is 0 Å². The van der Waals surface area contributed by atoms with E-state index < -0.39 is 0 Å². The van der Waals surface area contributed by atoms with E-state index in [4.69, 9.17) is 5.73 Å². The van der Waals surface area contributed by atoms with Gasteiger partial charge in [-0.15, -0.1) is 0 Å². The van der Waals surface area contributed by atoms with Gasteiger partial charge < -0.3 is 5.73 Å². The molecule has 0 saturated carbocycles. The smallest absolute Gasteiger partial charge is 0.184 e. The van der Waals surface area contributed by atoms with E-state index in [2.05, 4.69) is 27.7 Å². The van der Waals surface area contributed by atoms with Crippen LogP contribution < -0.4 is 11.2 Å². The molecule has 0 unspecified atom stereocenters. The number of rotatable bonds is 2. The number of hydrogen-bond donors (Lipinski definition) is 2. The zero-order valence-corrected chi connectivity index (χ0v) is 7.08. The fourth-order valence-electron chi connectivity index (χ4n) is 0.614. The van der Waals surface area contributed by atoms with Crippen molar-refractivity contribution in [1.29, 1.82) is 0 Å². The Balaban J connectivity index is 2.52. The predicted molar refractivity (Wildman–Crippen MR) is 51.8 cm³/mol.